The van der Waals surface area contributed by atoms with Gasteiger partial charge in [-0.05, 0) is 25.8 Å². The smallest absolute Gasteiger partial charge is 0.303 e. The van der Waals surface area contributed by atoms with Crippen molar-refractivity contribution in [2.24, 2.45) is 0 Å². The van der Waals surface area contributed by atoms with E-state index < -0.39 is 5.97 Å². The second kappa shape index (κ2) is 7.63. The number of anilines is 1. The van der Waals surface area contributed by atoms with E-state index in [0.717, 1.165) is 61.9 Å². The maximum atomic E-state index is 10.8. The molecule has 3 heterocycles. The number of rotatable bonds is 6. The first kappa shape index (κ1) is 17.4. The maximum absolute atomic E-state index is 10.8. The van der Waals surface area contributed by atoms with Crippen molar-refractivity contribution in [2.45, 2.75) is 59.0 Å². The Kier molecular flexibility index (Phi) is 5.31. The fourth-order valence-corrected chi connectivity index (χ4v) is 3.26. The summed E-state index contributed by atoms with van der Waals surface area (Å²) in [6.07, 6.45) is 5.55. The fourth-order valence-electron chi connectivity index (χ4n) is 3.26. The van der Waals surface area contributed by atoms with Crippen molar-refractivity contribution in [3.8, 4) is 0 Å². The van der Waals surface area contributed by atoms with Crippen LogP contribution in [-0.4, -0.2) is 37.4 Å². The lowest BCUT2D eigenvalue weighted by Gasteiger charge is -2.24. The Labute approximate surface area is 147 Å². The van der Waals surface area contributed by atoms with Crippen LogP contribution in [0.3, 0.4) is 0 Å². The number of hydrogen-bond donors (Lipinski definition) is 1. The van der Waals surface area contributed by atoms with Crippen LogP contribution in [0.25, 0.3) is 0 Å². The zero-order valence-corrected chi connectivity index (χ0v) is 14.9. The molecule has 0 saturated carbocycles. The molecule has 3 rings (SSSR count). The molecule has 0 aromatic carbocycles. The topological polar surface area (TPSA) is 84.1 Å². The minimum atomic E-state index is -0.787. The minimum absolute atomic E-state index is 0.117. The van der Waals surface area contributed by atoms with Gasteiger partial charge in [0.15, 0.2) is 0 Å². The normalized spacial score (nSPS) is 14.2. The average Bonchev–Trinajstić information content (AvgIpc) is 2.85. The van der Waals surface area contributed by atoms with Crippen LogP contribution in [0.5, 0.6) is 0 Å². The van der Waals surface area contributed by atoms with Crippen molar-refractivity contribution < 1.29 is 9.90 Å². The fraction of sp³-hybridized carbons (Fsp3) is 0.556. The van der Waals surface area contributed by atoms with Crippen molar-refractivity contribution in [1.29, 1.82) is 0 Å². The van der Waals surface area contributed by atoms with E-state index >= 15 is 0 Å². The number of carbonyl (C=O) groups is 1. The molecule has 134 valence electrons. The van der Waals surface area contributed by atoms with Crippen molar-refractivity contribution in [3.05, 3.63) is 35.0 Å². The number of nitrogens with zero attached hydrogens (tertiary/aromatic N) is 5. The summed E-state index contributed by atoms with van der Waals surface area (Å²) >= 11 is 0. The number of fused-ring (bicyclic) bond motifs is 1. The van der Waals surface area contributed by atoms with E-state index in [9.17, 15) is 4.79 Å². The molecule has 1 aliphatic heterocycles. The number of hydrogen-bond acceptors (Lipinski definition) is 5. The Bertz CT molecular complexity index is 756. The summed E-state index contributed by atoms with van der Waals surface area (Å²) in [4.78, 5) is 22.1. The molecule has 0 fully saturated rings. The number of aliphatic carboxylic acids is 1. The van der Waals surface area contributed by atoms with Gasteiger partial charge in [0, 0.05) is 31.3 Å². The minimum Gasteiger partial charge on any atom is -0.481 e. The standard InChI is InChI=1S/C18H25N5O2/c1-3-5-14-11-19-13(2)20-18(14)22-8-4-9-23-16(12-22)10-15(21-23)6-7-17(24)25/h10-11H,3-9,12H2,1-2H3,(H,24,25). The van der Waals surface area contributed by atoms with Crippen molar-refractivity contribution >= 4 is 11.8 Å². The molecular formula is C18H25N5O2. The van der Waals surface area contributed by atoms with Gasteiger partial charge in [-0.3, -0.25) is 9.48 Å². The first-order valence-electron chi connectivity index (χ1n) is 8.91. The highest BCUT2D eigenvalue weighted by molar-refractivity contribution is 5.66. The van der Waals surface area contributed by atoms with Crippen LogP contribution in [0.1, 0.15) is 49.0 Å². The zero-order chi connectivity index (χ0) is 17.8. The first-order valence-corrected chi connectivity index (χ1v) is 8.91. The van der Waals surface area contributed by atoms with E-state index in [1.165, 1.54) is 5.56 Å². The predicted octanol–water partition coefficient (Wildman–Crippen LogP) is 2.36. The van der Waals surface area contributed by atoms with Gasteiger partial charge in [-0.1, -0.05) is 13.3 Å². The van der Waals surface area contributed by atoms with Crippen LogP contribution in [0.4, 0.5) is 5.82 Å². The monoisotopic (exact) mass is 343 g/mol. The van der Waals surface area contributed by atoms with E-state index in [2.05, 4.69) is 21.9 Å². The molecule has 0 amide bonds. The number of carboxylic acid groups (broad SMARTS) is 1. The molecule has 0 saturated heterocycles. The molecule has 0 spiro atoms. The number of carboxylic acids is 1. The number of aryl methyl sites for hydroxylation is 4. The van der Waals surface area contributed by atoms with Crippen LogP contribution in [0, 0.1) is 6.92 Å². The molecule has 0 aliphatic carbocycles. The summed E-state index contributed by atoms with van der Waals surface area (Å²) < 4.78 is 2.02. The molecule has 1 N–H and O–H groups in total. The zero-order valence-electron chi connectivity index (χ0n) is 14.9. The van der Waals surface area contributed by atoms with E-state index in [1.807, 2.05) is 23.9 Å². The molecule has 0 atom stereocenters. The molecule has 2 aromatic heterocycles. The predicted molar refractivity (Wildman–Crippen MR) is 94.6 cm³/mol. The van der Waals surface area contributed by atoms with Crippen molar-refractivity contribution in [1.82, 2.24) is 19.7 Å². The highest BCUT2D eigenvalue weighted by Gasteiger charge is 2.20. The van der Waals surface area contributed by atoms with Crippen LogP contribution in [0.2, 0.25) is 0 Å². The van der Waals surface area contributed by atoms with Gasteiger partial charge in [-0.2, -0.15) is 5.10 Å². The van der Waals surface area contributed by atoms with Crippen LogP contribution >= 0.6 is 0 Å². The van der Waals surface area contributed by atoms with Gasteiger partial charge >= 0.3 is 5.97 Å². The lowest BCUT2D eigenvalue weighted by atomic mass is 10.1. The van der Waals surface area contributed by atoms with Crippen LogP contribution in [-0.2, 0) is 30.7 Å². The molecule has 7 nitrogen and oxygen atoms in total. The lowest BCUT2D eigenvalue weighted by molar-refractivity contribution is -0.136. The van der Waals surface area contributed by atoms with Gasteiger partial charge in [0.1, 0.15) is 11.6 Å². The lowest BCUT2D eigenvalue weighted by Crippen LogP contribution is -2.25. The Hall–Kier alpha value is -2.44. The Balaban J connectivity index is 1.84. The molecule has 2 aromatic rings. The third-order valence-electron chi connectivity index (χ3n) is 4.44. The third kappa shape index (κ3) is 4.15. The second-order valence-electron chi connectivity index (χ2n) is 6.54. The van der Waals surface area contributed by atoms with E-state index in [4.69, 9.17) is 10.1 Å². The Morgan fingerprint density at radius 1 is 1.32 bits per heavy atom. The van der Waals surface area contributed by atoms with Gasteiger partial charge in [-0.25, -0.2) is 9.97 Å². The molecule has 0 unspecified atom stereocenters. The first-order chi connectivity index (χ1) is 12.1. The summed E-state index contributed by atoms with van der Waals surface area (Å²) in [6, 6.07) is 2.04. The van der Waals surface area contributed by atoms with Crippen molar-refractivity contribution in [3.63, 3.8) is 0 Å². The van der Waals surface area contributed by atoms with E-state index in [0.29, 0.717) is 6.42 Å². The Morgan fingerprint density at radius 2 is 2.16 bits per heavy atom. The summed E-state index contributed by atoms with van der Waals surface area (Å²) in [5.74, 6) is 1.02. The SMILES string of the molecule is CCCc1cnc(C)nc1N1CCCn2nc(CCC(=O)O)cc2C1. The number of aromatic nitrogens is 4. The average molecular weight is 343 g/mol. The van der Waals surface area contributed by atoms with Crippen LogP contribution < -0.4 is 4.90 Å². The maximum Gasteiger partial charge on any atom is 0.303 e. The largest absolute Gasteiger partial charge is 0.481 e. The molecule has 0 radical (unpaired) electrons. The molecule has 1 aliphatic rings. The second-order valence-corrected chi connectivity index (χ2v) is 6.54. The molecule has 0 bridgehead atoms. The van der Waals surface area contributed by atoms with Crippen molar-refractivity contribution in [2.75, 3.05) is 11.4 Å². The highest BCUT2D eigenvalue weighted by Crippen LogP contribution is 2.24. The summed E-state index contributed by atoms with van der Waals surface area (Å²) in [5, 5.41) is 13.4. The molecular weight excluding hydrogens is 318 g/mol. The van der Waals surface area contributed by atoms with Gasteiger partial charge in [-0.15, -0.1) is 0 Å². The summed E-state index contributed by atoms with van der Waals surface area (Å²) in [7, 11) is 0. The van der Waals surface area contributed by atoms with Crippen LogP contribution in [0.15, 0.2) is 12.3 Å². The summed E-state index contributed by atoms with van der Waals surface area (Å²) in [6.45, 7) is 6.61. The molecule has 7 heteroatoms. The van der Waals surface area contributed by atoms with Gasteiger partial charge < -0.3 is 10.0 Å². The Morgan fingerprint density at radius 3 is 2.92 bits per heavy atom. The quantitative estimate of drug-likeness (QED) is 0.867. The molecule has 25 heavy (non-hydrogen) atoms. The third-order valence-corrected chi connectivity index (χ3v) is 4.44. The summed E-state index contributed by atoms with van der Waals surface area (Å²) in [5.41, 5.74) is 3.16. The van der Waals surface area contributed by atoms with Gasteiger partial charge in [0.25, 0.3) is 0 Å². The van der Waals surface area contributed by atoms with Gasteiger partial charge in [0.05, 0.1) is 24.4 Å². The van der Waals surface area contributed by atoms with Gasteiger partial charge in [0.2, 0.25) is 0 Å². The van der Waals surface area contributed by atoms with E-state index in [1.54, 1.807) is 0 Å². The highest BCUT2D eigenvalue weighted by atomic mass is 16.4. The van der Waals surface area contributed by atoms with E-state index in [-0.39, 0.29) is 6.42 Å².